The lowest BCUT2D eigenvalue weighted by Gasteiger charge is -2.06. The van der Waals surface area contributed by atoms with Crippen LogP contribution in [0.2, 0.25) is 0 Å². The first-order valence-corrected chi connectivity index (χ1v) is 6.34. The van der Waals surface area contributed by atoms with Gasteiger partial charge in [-0.15, -0.1) is 0 Å². The van der Waals surface area contributed by atoms with Gasteiger partial charge in [-0.1, -0.05) is 0 Å². The lowest BCUT2D eigenvalue weighted by Crippen LogP contribution is -2.26. The van der Waals surface area contributed by atoms with Crippen molar-refractivity contribution in [2.24, 2.45) is 0 Å². The number of halogens is 1. The maximum Gasteiger partial charge on any atom is 0.254 e. The highest BCUT2D eigenvalue weighted by Gasteiger charge is 2.09. The molecule has 1 amide bonds. The van der Waals surface area contributed by atoms with Crippen molar-refractivity contribution in [1.82, 2.24) is 15.3 Å². The van der Waals surface area contributed by atoms with Gasteiger partial charge < -0.3 is 5.32 Å². The van der Waals surface area contributed by atoms with Crippen LogP contribution in [0, 0.1) is 0 Å². The molecule has 0 saturated heterocycles. The Hall–Kier alpha value is -1.75. The van der Waals surface area contributed by atoms with Crippen LogP contribution in [0.15, 0.2) is 47.5 Å². The molecule has 2 aromatic rings. The van der Waals surface area contributed by atoms with Crippen LogP contribution in [0.1, 0.15) is 15.9 Å². The van der Waals surface area contributed by atoms with Crippen molar-refractivity contribution in [3.63, 3.8) is 0 Å². The van der Waals surface area contributed by atoms with E-state index in [0.717, 1.165) is 12.0 Å². The molecule has 0 atom stereocenters. The molecule has 0 radical (unpaired) electrons. The molecule has 0 aliphatic carbocycles. The molecule has 0 spiro atoms. The van der Waals surface area contributed by atoms with Crippen molar-refractivity contribution in [3.8, 4) is 0 Å². The molecule has 0 saturated carbocycles. The number of nitrogens with zero attached hydrogens (tertiary/aromatic N) is 2. The number of carbonyl (C=O) groups excluding carboxylic acids is 1. The Balaban J connectivity index is 1.88. The molecule has 4 nitrogen and oxygen atoms in total. The minimum absolute atomic E-state index is 0.121. The van der Waals surface area contributed by atoms with E-state index < -0.39 is 0 Å². The largest absolute Gasteiger partial charge is 0.352 e. The first-order chi connectivity index (χ1) is 8.77. The van der Waals surface area contributed by atoms with E-state index in [2.05, 4.69) is 31.2 Å². The maximum atomic E-state index is 11.9. The Labute approximate surface area is 114 Å². The molecule has 0 aliphatic rings. The van der Waals surface area contributed by atoms with Gasteiger partial charge >= 0.3 is 0 Å². The highest BCUT2D eigenvalue weighted by molar-refractivity contribution is 9.10. The van der Waals surface area contributed by atoms with Crippen LogP contribution >= 0.6 is 15.9 Å². The topological polar surface area (TPSA) is 54.9 Å². The van der Waals surface area contributed by atoms with Crippen LogP contribution in [0.25, 0.3) is 0 Å². The molecule has 2 aromatic heterocycles. The summed E-state index contributed by atoms with van der Waals surface area (Å²) in [5.74, 6) is -0.121. The zero-order valence-electron chi connectivity index (χ0n) is 9.64. The number of pyridine rings is 2. The van der Waals surface area contributed by atoms with Crippen LogP contribution in [0.5, 0.6) is 0 Å². The Kier molecular flexibility index (Phi) is 4.41. The summed E-state index contributed by atoms with van der Waals surface area (Å²) in [7, 11) is 0. The number of hydrogen-bond acceptors (Lipinski definition) is 3. The molecule has 0 bridgehead atoms. The van der Waals surface area contributed by atoms with Gasteiger partial charge in [0.05, 0.1) is 5.56 Å². The average Bonchev–Trinajstić information content (AvgIpc) is 2.40. The van der Waals surface area contributed by atoms with Gasteiger partial charge in [-0.2, -0.15) is 0 Å². The average molecular weight is 306 g/mol. The van der Waals surface area contributed by atoms with Crippen LogP contribution < -0.4 is 5.32 Å². The second-order valence-electron chi connectivity index (χ2n) is 3.70. The highest BCUT2D eigenvalue weighted by atomic mass is 79.9. The number of aromatic nitrogens is 2. The summed E-state index contributed by atoms with van der Waals surface area (Å²) in [6.45, 7) is 0.587. The molecule has 0 aliphatic heterocycles. The van der Waals surface area contributed by atoms with Gasteiger partial charge in [0.2, 0.25) is 0 Å². The van der Waals surface area contributed by atoms with Crippen LogP contribution in [0.3, 0.4) is 0 Å². The quantitative estimate of drug-likeness (QED) is 0.881. The molecule has 0 unspecified atom stereocenters. The minimum atomic E-state index is -0.121. The van der Waals surface area contributed by atoms with Crippen molar-refractivity contribution in [2.45, 2.75) is 6.42 Å². The van der Waals surface area contributed by atoms with Gasteiger partial charge in [0.15, 0.2) is 0 Å². The van der Waals surface area contributed by atoms with E-state index in [1.165, 1.54) is 0 Å². The summed E-state index contributed by atoms with van der Waals surface area (Å²) in [6, 6.07) is 7.35. The third kappa shape index (κ3) is 3.37. The molecule has 1 N–H and O–H groups in total. The van der Waals surface area contributed by atoms with Crippen LogP contribution in [0.4, 0.5) is 0 Å². The SMILES string of the molecule is O=C(NCCc1ccncc1)c1cccnc1Br. The summed E-state index contributed by atoms with van der Waals surface area (Å²) in [6.07, 6.45) is 5.91. The number of nitrogens with one attached hydrogen (secondary N) is 1. The number of rotatable bonds is 4. The van der Waals surface area contributed by atoms with Crippen LogP contribution in [-0.4, -0.2) is 22.4 Å². The van der Waals surface area contributed by atoms with E-state index in [4.69, 9.17) is 0 Å². The molecule has 2 rings (SSSR count). The summed E-state index contributed by atoms with van der Waals surface area (Å²) in [5, 5.41) is 2.86. The minimum Gasteiger partial charge on any atom is -0.352 e. The normalized spacial score (nSPS) is 10.1. The zero-order chi connectivity index (χ0) is 12.8. The Morgan fingerprint density at radius 3 is 2.72 bits per heavy atom. The first kappa shape index (κ1) is 12.7. The first-order valence-electron chi connectivity index (χ1n) is 5.55. The van der Waals surface area contributed by atoms with E-state index in [0.29, 0.717) is 16.7 Å². The van der Waals surface area contributed by atoms with E-state index in [1.54, 1.807) is 30.7 Å². The monoisotopic (exact) mass is 305 g/mol. The summed E-state index contributed by atoms with van der Waals surface area (Å²) < 4.78 is 0.561. The Morgan fingerprint density at radius 1 is 1.22 bits per heavy atom. The van der Waals surface area contributed by atoms with E-state index in [9.17, 15) is 4.79 Å². The van der Waals surface area contributed by atoms with E-state index in [1.807, 2.05) is 12.1 Å². The number of amides is 1. The fraction of sp³-hybridized carbons (Fsp3) is 0.154. The van der Waals surface area contributed by atoms with Crippen molar-refractivity contribution in [2.75, 3.05) is 6.54 Å². The fourth-order valence-electron chi connectivity index (χ4n) is 1.52. The predicted molar refractivity (Wildman–Crippen MR) is 72.2 cm³/mol. The van der Waals surface area contributed by atoms with Gasteiger partial charge in [0, 0.05) is 25.1 Å². The number of hydrogen-bond donors (Lipinski definition) is 1. The second kappa shape index (κ2) is 6.26. The number of carbonyl (C=O) groups is 1. The molecular formula is C13H12BrN3O. The van der Waals surface area contributed by atoms with Gasteiger partial charge in [0.1, 0.15) is 4.60 Å². The lowest BCUT2D eigenvalue weighted by molar-refractivity contribution is 0.0953. The predicted octanol–water partition coefficient (Wildman–Crippen LogP) is 2.21. The molecular weight excluding hydrogens is 294 g/mol. The van der Waals surface area contributed by atoms with Crippen molar-refractivity contribution in [3.05, 3.63) is 58.6 Å². The van der Waals surface area contributed by atoms with E-state index in [-0.39, 0.29) is 5.91 Å². The van der Waals surface area contributed by atoms with Crippen molar-refractivity contribution >= 4 is 21.8 Å². The van der Waals surface area contributed by atoms with Crippen molar-refractivity contribution < 1.29 is 4.79 Å². The third-order valence-electron chi connectivity index (χ3n) is 2.45. The molecule has 0 aromatic carbocycles. The lowest BCUT2D eigenvalue weighted by atomic mass is 10.2. The Morgan fingerprint density at radius 2 is 2.00 bits per heavy atom. The van der Waals surface area contributed by atoms with Crippen LogP contribution in [-0.2, 0) is 6.42 Å². The summed E-state index contributed by atoms with van der Waals surface area (Å²) in [4.78, 5) is 19.8. The molecule has 18 heavy (non-hydrogen) atoms. The van der Waals surface area contributed by atoms with Gasteiger partial charge in [-0.05, 0) is 52.2 Å². The van der Waals surface area contributed by atoms with Gasteiger partial charge in [-0.3, -0.25) is 9.78 Å². The molecule has 2 heterocycles. The zero-order valence-corrected chi connectivity index (χ0v) is 11.2. The molecule has 0 fully saturated rings. The third-order valence-corrected chi connectivity index (χ3v) is 3.08. The maximum absolute atomic E-state index is 11.9. The van der Waals surface area contributed by atoms with Gasteiger partial charge in [0.25, 0.3) is 5.91 Å². The summed E-state index contributed by atoms with van der Waals surface area (Å²) in [5.41, 5.74) is 1.70. The van der Waals surface area contributed by atoms with Gasteiger partial charge in [-0.25, -0.2) is 4.98 Å². The molecule has 92 valence electrons. The fourth-order valence-corrected chi connectivity index (χ4v) is 1.95. The summed E-state index contributed by atoms with van der Waals surface area (Å²) >= 11 is 3.25. The molecule has 5 heteroatoms. The van der Waals surface area contributed by atoms with Crippen molar-refractivity contribution in [1.29, 1.82) is 0 Å². The second-order valence-corrected chi connectivity index (χ2v) is 4.45. The smallest absolute Gasteiger partial charge is 0.254 e. The highest BCUT2D eigenvalue weighted by Crippen LogP contribution is 2.11. The standard InChI is InChI=1S/C13H12BrN3O/c14-12-11(2-1-6-16-12)13(18)17-9-5-10-3-7-15-8-4-10/h1-4,6-8H,5,9H2,(H,17,18). The Bertz CT molecular complexity index is 531. The van der Waals surface area contributed by atoms with E-state index >= 15 is 0 Å².